The van der Waals surface area contributed by atoms with Gasteiger partial charge in [-0.25, -0.2) is 9.50 Å². The second-order valence-corrected chi connectivity index (χ2v) is 3.84. The topological polar surface area (TPSA) is 63.3 Å². The Kier molecular flexibility index (Phi) is 1.92. The van der Waals surface area contributed by atoms with Crippen LogP contribution in [0.4, 0.5) is 0 Å². The van der Waals surface area contributed by atoms with Crippen LogP contribution < -0.4 is 0 Å². The molecule has 2 heterocycles. The molecule has 1 aliphatic rings. The number of aliphatic hydroxyl groups excluding tert-OH is 1. The Morgan fingerprint density at radius 2 is 2.20 bits per heavy atom. The number of fused-ring (bicyclic) bond motifs is 3. The number of aliphatic hydroxyl groups is 1. The maximum Gasteiger partial charge on any atom is 0.252 e. The summed E-state index contributed by atoms with van der Waals surface area (Å²) in [6.07, 6.45) is 6.41. The minimum Gasteiger partial charge on any atom is -0.388 e. The predicted octanol–water partition coefficient (Wildman–Crippen LogP) is 0.495. The van der Waals surface area contributed by atoms with Gasteiger partial charge in [-0.3, -0.25) is 0 Å². The molecule has 0 bridgehead atoms. The number of rotatable bonds is 1. The van der Waals surface area contributed by atoms with Crippen molar-refractivity contribution in [1.29, 1.82) is 0 Å². The van der Waals surface area contributed by atoms with Crippen molar-refractivity contribution in [3.8, 4) is 0 Å². The minimum atomic E-state index is -0.127. The van der Waals surface area contributed by atoms with Crippen LogP contribution in [0.3, 0.4) is 0 Å². The van der Waals surface area contributed by atoms with Crippen molar-refractivity contribution in [2.24, 2.45) is 0 Å². The summed E-state index contributed by atoms with van der Waals surface area (Å²) in [7, 11) is 0. The number of hydrogen-bond donors (Lipinski definition) is 1. The van der Waals surface area contributed by atoms with Crippen molar-refractivity contribution < 1.29 is 5.11 Å². The van der Waals surface area contributed by atoms with Crippen molar-refractivity contribution in [2.75, 3.05) is 0 Å². The maximum absolute atomic E-state index is 8.98. The van der Waals surface area contributed by atoms with E-state index in [4.69, 9.17) is 5.11 Å². The van der Waals surface area contributed by atoms with E-state index in [0.29, 0.717) is 11.6 Å². The summed E-state index contributed by atoms with van der Waals surface area (Å²) < 4.78 is 1.78. The van der Waals surface area contributed by atoms with Crippen LogP contribution in [0.25, 0.3) is 5.78 Å². The average Bonchev–Trinajstić information content (AvgIpc) is 2.72. The Labute approximate surface area is 86.8 Å². The van der Waals surface area contributed by atoms with E-state index in [-0.39, 0.29) is 6.61 Å². The molecule has 1 N–H and O–H groups in total. The summed E-state index contributed by atoms with van der Waals surface area (Å²) in [5.41, 5.74) is 2.47. The van der Waals surface area contributed by atoms with Gasteiger partial charge in [-0.2, -0.15) is 4.98 Å². The van der Waals surface area contributed by atoms with Crippen LogP contribution in [0.15, 0.2) is 6.20 Å². The lowest BCUT2D eigenvalue weighted by Crippen LogP contribution is -2.10. The number of hydrogen-bond acceptors (Lipinski definition) is 4. The normalized spacial score (nSPS) is 15.5. The zero-order valence-corrected chi connectivity index (χ0v) is 8.35. The van der Waals surface area contributed by atoms with E-state index in [0.717, 1.165) is 12.8 Å². The van der Waals surface area contributed by atoms with Crippen LogP contribution >= 0.6 is 0 Å². The van der Waals surface area contributed by atoms with E-state index >= 15 is 0 Å². The highest BCUT2D eigenvalue weighted by Crippen LogP contribution is 2.20. The highest BCUT2D eigenvalue weighted by Gasteiger charge is 2.15. The van der Waals surface area contributed by atoms with E-state index in [9.17, 15) is 0 Å². The molecule has 0 radical (unpaired) electrons. The first kappa shape index (κ1) is 8.79. The number of nitrogens with zero attached hydrogens (tertiary/aromatic N) is 4. The Balaban J connectivity index is 2.25. The highest BCUT2D eigenvalue weighted by molar-refractivity contribution is 5.34. The molecule has 15 heavy (non-hydrogen) atoms. The molecule has 0 spiro atoms. The van der Waals surface area contributed by atoms with Gasteiger partial charge < -0.3 is 5.11 Å². The molecular formula is C10H12N4O. The van der Waals surface area contributed by atoms with Gasteiger partial charge in [-0.1, -0.05) is 0 Å². The van der Waals surface area contributed by atoms with Crippen LogP contribution in [0.5, 0.6) is 0 Å². The lowest BCUT2D eigenvalue weighted by atomic mass is 9.98. The summed E-state index contributed by atoms with van der Waals surface area (Å²) in [6, 6.07) is 0. The lowest BCUT2D eigenvalue weighted by Gasteiger charge is -2.14. The van der Waals surface area contributed by atoms with Crippen molar-refractivity contribution in [3.05, 3.63) is 23.3 Å². The van der Waals surface area contributed by atoms with Gasteiger partial charge in [0.1, 0.15) is 6.61 Å². The quantitative estimate of drug-likeness (QED) is 0.734. The molecule has 5 heteroatoms. The van der Waals surface area contributed by atoms with E-state index in [1.807, 2.05) is 6.20 Å². The van der Waals surface area contributed by atoms with Crippen LogP contribution in [0, 0.1) is 0 Å². The molecule has 2 aromatic heterocycles. The number of aromatic nitrogens is 4. The first-order chi connectivity index (χ1) is 7.38. The Bertz CT molecular complexity index is 505. The average molecular weight is 204 g/mol. The smallest absolute Gasteiger partial charge is 0.252 e. The Hall–Kier alpha value is -1.49. The molecule has 0 atom stereocenters. The van der Waals surface area contributed by atoms with Crippen molar-refractivity contribution in [2.45, 2.75) is 32.3 Å². The molecule has 2 aromatic rings. The highest BCUT2D eigenvalue weighted by atomic mass is 16.3. The molecule has 0 amide bonds. The minimum absolute atomic E-state index is 0.127. The van der Waals surface area contributed by atoms with Crippen LogP contribution in [0.1, 0.15) is 29.9 Å². The zero-order valence-electron chi connectivity index (χ0n) is 8.35. The fourth-order valence-corrected chi connectivity index (χ4v) is 2.11. The largest absolute Gasteiger partial charge is 0.388 e. The van der Waals surface area contributed by atoms with E-state index in [2.05, 4.69) is 15.1 Å². The summed E-state index contributed by atoms with van der Waals surface area (Å²) in [4.78, 5) is 8.37. The standard InChI is InChI=1S/C10H12N4O/c15-6-9-12-10-11-5-7-3-1-2-4-8(7)14(10)13-9/h5,15H,1-4,6H2. The van der Waals surface area contributed by atoms with E-state index < -0.39 is 0 Å². The van der Waals surface area contributed by atoms with Gasteiger partial charge >= 0.3 is 0 Å². The van der Waals surface area contributed by atoms with E-state index in [1.54, 1.807) is 4.52 Å². The third kappa shape index (κ3) is 1.31. The van der Waals surface area contributed by atoms with E-state index in [1.165, 1.54) is 24.1 Å². The summed E-state index contributed by atoms with van der Waals surface area (Å²) in [5, 5.41) is 13.2. The third-order valence-electron chi connectivity index (χ3n) is 2.85. The van der Waals surface area contributed by atoms with Crippen molar-refractivity contribution >= 4 is 5.78 Å². The first-order valence-electron chi connectivity index (χ1n) is 5.22. The van der Waals surface area contributed by atoms with Crippen LogP contribution in [-0.2, 0) is 19.4 Å². The van der Waals surface area contributed by atoms with Gasteiger partial charge in [0.15, 0.2) is 5.82 Å². The molecule has 78 valence electrons. The molecule has 0 saturated heterocycles. The molecule has 5 nitrogen and oxygen atoms in total. The van der Waals surface area contributed by atoms with Crippen molar-refractivity contribution in [1.82, 2.24) is 19.6 Å². The monoisotopic (exact) mass is 204 g/mol. The maximum atomic E-state index is 8.98. The summed E-state index contributed by atoms with van der Waals surface area (Å²) in [6.45, 7) is -0.127. The molecule has 0 saturated carbocycles. The SMILES string of the molecule is OCc1nc2ncc3c(n2n1)CCCC3. The third-order valence-corrected chi connectivity index (χ3v) is 2.85. The Morgan fingerprint density at radius 1 is 1.33 bits per heavy atom. The molecule has 1 aliphatic carbocycles. The molecule has 0 aliphatic heterocycles. The van der Waals surface area contributed by atoms with Gasteiger partial charge in [0.25, 0.3) is 5.78 Å². The second-order valence-electron chi connectivity index (χ2n) is 3.84. The fraction of sp³-hybridized carbons (Fsp3) is 0.500. The van der Waals surface area contributed by atoms with Gasteiger partial charge in [0, 0.05) is 6.20 Å². The van der Waals surface area contributed by atoms with Gasteiger partial charge in [-0.15, -0.1) is 5.10 Å². The summed E-state index contributed by atoms with van der Waals surface area (Å²) in [5.74, 6) is 1.04. The Morgan fingerprint density at radius 3 is 3.07 bits per heavy atom. The summed E-state index contributed by atoms with van der Waals surface area (Å²) >= 11 is 0. The molecule has 0 unspecified atom stereocenters. The van der Waals surface area contributed by atoms with Gasteiger partial charge in [-0.05, 0) is 31.2 Å². The first-order valence-corrected chi connectivity index (χ1v) is 5.22. The molecule has 0 aromatic carbocycles. The second kappa shape index (κ2) is 3.27. The lowest BCUT2D eigenvalue weighted by molar-refractivity contribution is 0.271. The molecule has 0 fully saturated rings. The molecule has 3 rings (SSSR count). The van der Waals surface area contributed by atoms with Crippen molar-refractivity contribution in [3.63, 3.8) is 0 Å². The number of aryl methyl sites for hydroxylation is 2. The molecular weight excluding hydrogens is 192 g/mol. The van der Waals surface area contributed by atoms with Crippen LogP contribution in [-0.4, -0.2) is 24.7 Å². The fourth-order valence-electron chi connectivity index (χ4n) is 2.11. The zero-order chi connectivity index (χ0) is 10.3. The van der Waals surface area contributed by atoms with Gasteiger partial charge in [0.2, 0.25) is 0 Å². The predicted molar refractivity (Wildman–Crippen MR) is 53.3 cm³/mol. The van der Waals surface area contributed by atoms with Gasteiger partial charge in [0.05, 0.1) is 5.69 Å². The van der Waals surface area contributed by atoms with Crippen LogP contribution in [0.2, 0.25) is 0 Å².